The van der Waals surface area contributed by atoms with Crippen molar-refractivity contribution in [3.63, 3.8) is 0 Å². The molecule has 0 aromatic heterocycles. The summed E-state index contributed by atoms with van der Waals surface area (Å²) < 4.78 is 50.3. The molecule has 86 valence electrons. The molecule has 14 heavy (non-hydrogen) atoms. The van der Waals surface area contributed by atoms with Crippen molar-refractivity contribution in [3.05, 3.63) is 0 Å². The van der Waals surface area contributed by atoms with Gasteiger partial charge in [-0.05, 0) is 0 Å². The van der Waals surface area contributed by atoms with E-state index in [2.05, 4.69) is 0 Å². The van der Waals surface area contributed by atoms with Crippen LogP contribution in [0.3, 0.4) is 0 Å². The summed E-state index contributed by atoms with van der Waals surface area (Å²) in [6, 6.07) is 0. The smallest absolute Gasteiger partial charge is 0.371 e. The fourth-order valence-electron chi connectivity index (χ4n) is 0.797. The van der Waals surface area contributed by atoms with Gasteiger partial charge in [-0.25, -0.2) is 13.2 Å². The maximum Gasteiger partial charge on any atom is 0.497 e. The quantitative estimate of drug-likeness (QED) is 0.564. The van der Waals surface area contributed by atoms with Crippen LogP contribution in [0.15, 0.2) is 0 Å². The molecule has 0 spiro atoms. The lowest BCUT2D eigenvalue weighted by molar-refractivity contribution is 0.0532. The Labute approximate surface area is 82.5 Å². The molecule has 0 heterocycles. The van der Waals surface area contributed by atoms with Crippen LogP contribution in [0.4, 0.5) is 13.2 Å². The molecule has 0 atom stereocenters. The molecule has 0 aliphatic rings. The molecule has 0 saturated heterocycles. The van der Waals surface area contributed by atoms with Gasteiger partial charge in [0.15, 0.2) is 0 Å². The van der Waals surface area contributed by atoms with Crippen molar-refractivity contribution >= 4 is 8.80 Å². The monoisotopic (exact) mass is 232 g/mol. The molecule has 0 fully saturated rings. The molecular formula is C7H15F3O3Si. The summed E-state index contributed by atoms with van der Waals surface area (Å²) in [6.07, 6.45) is 0. The lowest BCUT2D eigenvalue weighted by Gasteiger charge is -2.24. The summed E-state index contributed by atoms with van der Waals surface area (Å²) in [6.45, 7) is -1.10. The van der Waals surface area contributed by atoms with Gasteiger partial charge < -0.3 is 13.3 Å². The van der Waals surface area contributed by atoms with Crippen LogP contribution in [0, 0.1) is 0 Å². The van der Waals surface area contributed by atoms with E-state index in [1.807, 2.05) is 0 Å². The molecule has 0 aliphatic heterocycles. The highest BCUT2D eigenvalue weighted by Gasteiger charge is 2.34. The zero-order valence-electron chi connectivity index (χ0n) is 8.10. The Morgan fingerprint density at radius 1 is 0.786 bits per heavy atom. The first-order valence-corrected chi connectivity index (χ1v) is 6.50. The highest BCUT2D eigenvalue weighted by atomic mass is 28.4. The Bertz CT molecular complexity index is 118. The predicted molar refractivity (Wildman–Crippen MR) is 47.4 cm³/mol. The van der Waals surface area contributed by atoms with Crippen LogP contribution in [0.2, 0.25) is 6.55 Å². The first-order valence-electron chi connectivity index (χ1n) is 4.28. The number of rotatable bonds is 9. The summed E-state index contributed by atoms with van der Waals surface area (Å²) in [5.41, 5.74) is 0. The summed E-state index contributed by atoms with van der Waals surface area (Å²) in [4.78, 5) is 0. The van der Waals surface area contributed by atoms with E-state index in [0.717, 1.165) is 0 Å². The van der Waals surface area contributed by atoms with Crippen LogP contribution in [0.5, 0.6) is 0 Å². The summed E-state index contributed by atoms with van der Waals surface area (Å²) in [7, 11) is -3.03. The molecule has 0 aliphatic carbocycles. The average Bonchev–Trinajstić information content (AvgIpc) is 2.21. The number of hydrogen-bond donors (Lipinski definition) is 0. The normalized spacial score (nSPS) is 12.0. The van der Waals surface area contributed by atoms with Crippen LogP contribution in [-0.4, -0.2) is 48.6 Å². The predicted octanol–water partition coefficient (Wildman–Crippen LogP) is 1.51. The van der Waals surface area contributed by atoms with Gasteiger partial charge in [-0.15, -0.1) is 0 Å². The van der Waals surface area contributed by atoms with Crippen LogP contribution in [-0.2, 0) is 13.3 Å². The van der Waals surface area contributed by atoms with Crippen molar-refractivity contribution in [2.45, 2.75) is 6.55 Å². The number of halogens is 3. The highest BCUT2D eigenvalue weighted by Crippen LogP contribution is 2.09. The summed E-state index contributed by atoms with van der Waals surface area (Å²) >= 11 is 0. The second kappa shape index (κ2) is 8.22. The summed E-state index contributed by atoms with van der Waals surface area (Å²) in [5.74, 6) is 0. The Morgan fingerprint density at radius 2 is 1.07 bits per heavy atom. The molecule has 0 aromatic carbocycles. The van der Waals surface area contributed by atoms with E-state index in [-0.39, 0.29) is 19.8 Å². The second-order valence-electron chi connectivity index (χ2n) is 2.47. The molecule has 3 nitrogen and oxygen atoms in total. The van der Waals surface area contributed by atoms with Crippen molar-refractivity contribution in [2.24, 2.45) is 0 Å². The number of alkyl halides is 3. The zero-order valence-corrected chi connectivity index (χ0v) is 9.10. The lowest BCUT2D eigenvalue weighted by Crippen LogP contribution is -2.44. The minimum Gasteiger partial charge on any atom is -0.371 e. The van der Waals surface area contributed by atoms with E-state index in [4.69, 9.17) is 13.3 Å². The van der Waals surface area contributed by atoms with Gasteiger partial charge in [-0.2, -0.15) is 0 Å². The fraction of sp³-hybridized carbons (Fsp3) is 1.00. The van der Waals surface area contributed by atoms with Crippen molar-refractivity contribution < 1.29 is 26.4 Å². The molecule has 0 N–H and O–H groups in total. The maximum atomic E-state index is 11.8. The van der Waals surface area contributed by atoms with Crippen molar-refractivity contribution in [1.29, 1.82) is 0 Å². The third-order valence-corrected chi connectivity index (χ3v) is 3.51. The standard InChI is InChI=1S/C7H15F3O3Si/c1-14(11-5-2-8,12-6-3-9)13-7-4-10/h2-7H2,1H3. The van der Waals surface area contributed by atoms with Crippen LogP contribution < -0.4 is 0 Å². The van der Waals surface area contributed by atoms with E-state index in [1.54, 1.807) is 0 Å². The van der Waals surface area contributed by atoms with E-state index >= 15 is 0 Å². The Hall–Kier alpha value is -0.113. The fourth-order valence-corrected chi connectivity index (χ4v) is 2.39. The summed E-state index contributed by atoms with van der Waals surface area (Å²) in [5, 5.41) is 0. The first kappa shape index (κ1) is 13.9. The highest BCUT2D eigenvalue weighted by molar-refractivity contribution is 6.59. The molecule has 0 bridgehead atoms. The second-order valence-corrected chi connectivity index (χ2v) is 5.07. The van der Waals surface area contributed by atoms with Gasteiger partial charge in [-0.3, -0.25) is 0 Å². The minimum absolute atomic E-state index is 0.179. The molecule has 0 rings (SSSR count). The largest absolute Gasteiger partial charge is 0.497 e. The Kier molecular flexibility index (Phi) is 8.15. The maximum absolute atomic E-state index is 11.8. The molecular weight excluding hydrogens is 217 g/mol. The van der Waals surface area contributed by atoms with E-state index in [1.165, 1.54) is 6.55 Å². The zero-order chi connectivity index (χ0) is 10.9. The third-order valence-electron chi connectivity index (χ3n) is 1.32. The first-order chi connectivity index (χ1) is 6.68. The Balaban J connectivity index is 3.89. The van der Waals surface area contributed by atoms with E-state index < -0.39 is 28.8 Å². The Morgan fingerprint density at radius 3 is 1.29 bits per heavy atom. The van der Waals surface area contributed by atoms with Gasteiger partial charge in [0.1, 0.15) is 20.0 Å². The average molecular weight is 232 g/mol. The lowest BCUT2D eigenvalue weighted by atomic mass is 10.8. The van der Waals surface area contributed by atoms with Gasteiger partial charge in [0.05, 0.1) is 19.8 Å². The van der Waals surface area contributed by atoms with Gasteiger partial charge in [0.2, 0.25) is 0 Å². The molecule has 0 amide bonds. The van der Waals surface area contributed by atoms with Crippen molar-refractivity contribution in [1.82, 2.24) is 0 Å². The van der Waals surface area contributed by atoms with Crippen LogP contribution in [0.1, 0.15) is 0 Å². The van der Waals surface area contributed by atoms with Crippen molar-refractivity contribution in [3.8, 4) is 0 Å². The number of hydrogen-bond acceptors (Lipinski definition) is 3. The minimum atomic E-state index is -3.03. The molecule has 0 saturated carbocycles. The van der Waals surface area contributed by atoms with Gasteiger partial charge in [0, 0.05) is 6.55 Å². The molecule has 0 unspecified atom stereocenters. The van der Waals surface area contributed by atoms with Crippen LogP contribution in [0.25, 0.3) is 0 Å². The third kappa shape index (κ3) is 6.36. The molecule has 0 radical (unpaired) electrons. The van der Waals surface area contributed by atoms with Gasteiger partial charge >= 0.3 is 8.80 Å². The molecule has 0 aromatic rings. The van der Waals surface area contributed by atoms with Gasteiger partial charge in [0.25, 0.3) is 0 Å². The van der Waals surface area contributed by atoms with Gasteiger partial charge in [-0.1, -0.05) is 0 Å². The van der Waals surface area contributed by atoms with E-state index in [9.17, 15) is 13.2 Å². The topological polar surface area (TPSA) is 27.7 Å². The van der Waals surface area contributed by atoms with Crippen LogP contribution >= 0.6 is 0 Å². The SMILES string of the molecule is C[Si](OCCF)(OCCF)OCCF. The van der Waals surface area contributed by atoms with E-state index in [0.29, 0.717) is 0 Å². The molecule has 7 heteroatoms. The van der Waals surface area contributed by atoms with Crippen molar-refractivity contribution in [2.75, 3.05) is 39.8 Å².